The minimum absolute atomic E-state index is 0.733. The zero-order chi connectivity index (χ0) is 26.7. The molecule has 3 heteroatoms. The Morgan fingerprint density at radius 3 is 1.63 bits per heavy atom. The second-order valence-electron chi connectivity index (χ2n) is 11.0. The molecular formula is C35H53NO2. The lowest BCUT2D eigenvalue weighted by atomic mass is 10.0. The molecule has 0 N–H and O–H groups in total. The molecule has 1 heterocycles. The van der Waals surface area contributed by atoms with Crippen LogP contribution in [0, 0.1) is 0 Å². The first kappa shape index (κ1) is 30.3. The molecule has 38 heavy (non-hydrogen) atoms. The molecule has 0 aliphatic rings. The van der Waals surface area contributed by atoms with E-state index in [9.17, 15) is 0 Å². The highest BCUT2D eigenvalue weighted by Gasteiger charge is 2.06. The number of aromatic nitrogens is 1. The highest BCUT2D eigenvalue weighted by molar-refractivity contribution is 6.06. The maximum absolute atomic E-state index is 6.08. The summed E-state index contributed by atoms with van der Waals surface area (Å²) in [5.41, 5.74) is 0.991. The van der Waals surface area contributed by atoms with E-state index in [1.54, 1.807) is 0 Å². The average Bonchev–Trinajstić information content (AvgIpc) is 2.94. The third kappa shape index (κ3) is 11.2. The van der Waals surface area contributed by atoms with Gasteiger partial charge in [-0.15, -0.1) is 0 Å². The summed E-state index contributed by atoms with van der Waals surface area (Å²) in [6, 6.07) is 14.9. The van der Waals surface area contributed by atoms with Gasteiger partial charge in [-0.3, -0.25) is 0 Å². The fourth-order valence-electron chi connectivity index (χ4n) is 5.27. The number of hydrogen-bond acceptors (Lipinski definition) is 3. The van der Waals surface area contributed by atoms with Gasteiger partial charge in [0.2, 0.25) is 5.88 Å². The molecule has 3 rings (SSSR count). The molecule has 3 nitrogen and oxygen atoms in total. The predicted octanol–water partition coefficient (Wildman–Crippen LogP) is 11.2. The number of ether oxygens (including phenoxy) is 2. The molecular weight excluding hydrogens is 466 g/mol. The molecule has 2 aromatic carbocycles. The van der Waals surface area contributed by atoms with E-state index in [0.29, 0.717) is 0 Å². The number of hydrogen-bond donors (Lipinski definition) is 0. The number of nitrogens with zero attached hydrogens (tertiary/aromatic N) is 1. The van der Waals surface area contributed by atoms with Gasteiger partial charge in [-0.05, 0) is 47.9 Å². The second kappa shape index (κ2) is 18.9. The molecule has 0 aliphatic heterocycles. The third-order valence-corrected chi connectivity index (χ3v) is 7.65. The van der Waals surface area contributed by atoms with Gasteiger partial charge in [0.05, 0.1) is 18.7 Å². The molecule has 3 aromatic rings. The van der Waals surface area contributed by atoms with E-state index in [1.165, 1.54) is 119 Å². The van der Waals surface area contributed by atoms with Crippen LogP contribution in [0.2, 0.25) is 0 Å². The zero-order valence-corrected chi connectivity index (χ0v) is 24.4. The monoisotopic (exact) mass is 519 g/mol. The van der Waals surface area contributed by atoms with Crippen molar-refractivity contribution in [3.8, 4) is 11.6 Å². The summed E-state index contributed by atoms with van der Waals surface area (Å²) in [6.07, 6.45) is 23.9. The van der Waals surface area contributed by atoms with Crippen LogP contribution in [0.25, 0.3) is 21.7 Å². The van der Waals surface area contributed by atoms with Gasteiger partial charge in [0.15, 0.2) is 0 Å². The molecule has 0 aliphatic carbocycles. The molecule has 1 aromatic heterocycles. The van der Waals surface area contributed by atoms with E-state index in [1.807, 2.05) is 6.07 Å². The molecule has 0 spiro atoms. The summed E-state index contributed by atoms with van der Waals surface area (Å²) in [7, 11) is 0. The smallest absolute Gasteiger partial charge is 0.213 e. The Labute approximate surface area is 232 Å². The van der Waals surface area contributed by atoms with Crippen LogP contribution in [0.15, 0.2) is 42.5 Å². The van der Waals surface area contributed by atoms with Crippen LogP contribution < -0.4 is 9.47 Å². The summed E-state index contributed by atoms with van der Waals surface area (Å²) in [6.45, 7) is 6.10. The molecule has 0 amide bonds. The molecule has 0 unspecified atom stereocenters. The van der Waals surface area contributed by atoms with Gasteiger partial charge in [-0.1, -0.05) is 129 Å². The summed E-state index contributed by atoms with van der Waals surface area (Å²) in [5.74, 6) is 1.70. The van der Waals surface area contributed by atoms with Crippen molar-refractivity contribution in [3.63, 3.8) is 0 Å². The van der Waals surface area contributed by atoms with Gasteiger partial charge in [0, 0.05) is 11.5 Å². The Morgan fingerprint density at radius 2 is 1.03 bits per heavy atom. The minimum Gasteiger partial charge on any atom is -0.494 e. The third-order valence-electron chi connectivity index (χ3n) is 7.65. The van der Waals surface area contributed by atoms with Crippen LogP contribution in [0.3, 0.4) is 0 Å². The number of unbranched alkanes of at least 4 members (excludes halogenated alkanes) is 16. The van der Waals surface area contributed by atoms with Crippen LogP contribution in [0.4, 0.5) is 0 Å². The predicted molar refractivity (Wildman–Crippen MR) is 165 cm³/mol. The molecule has 0 saturated carbocycles. The van der Waals surface area contributed by atoms with E-state index in [0.717, 1.165) is 43.2 Å². The fourth-order valence-corrected chi connectivity index (χ4v) is 5.27. The van der Waals surface area contributed by atoms with Crippen LogP contribution in [0.1, 0.15) is 129 Å². The Morgan fingerprint density at radius 1 is 0.500 bits per heavy atom. The van der Waals surface area contributed by atoms with Crippen molar-refractivity contribution in [3.05, 3.63) is 42.5 Å². The van der Waals surface area contributed by atoms with Gasteiger partial charge in [-0.2, -0.15) is 0 Å². The van der Waals surface area contributed by atoms with Gasteiger partial charge in [0.1, 0.15) is 5.75 Å². The largest absolute Gasteiger partial charge is 0.494 e. The summed E-state index contributed by atoms with van der Waals surface area (Å²) < 4.78 is 12.0. The number of pyridine rings is 1. The van der Waals surface area contributed by atoms with Crippen molar-refractivity contribution in [2.75, 3.05) is 13.2 Å². The van der Waals surface area contributed by atoms with E-state index in [-0.39, 0.29) is 0 Å². The van der Waals surface area contributed by atoms with Crippen molar-refractivity contribution >= 4 is 21.7 Å². The van der Waals surface area contributed by atoms with Crippen molar-refractivity contribution in [1.82, 2.24) is 4.98 Å². The van der Waals surface area contributed by atoms with Crippen molar-refractivity contribution in [2.45, 2.75) is 129 Å². The van der Waals surface area contributed by atoms with Gasteiger partial charge < -0.3 is 9.47 Å². The van der Waals surface area contributed by atoms with E-state index < -0.39 is 0 Å². The maximum atomic E-state index is 6.08. The van der Waals surface area contributed by atoms with Crippen LogP contribution in [-0.2, 0) is 0 Å². The molecule has 0 bridgehead atoms. The summed E-state index contributed by atoms with van der Waals surface area (Å²) in [4.78, 5) is 4.77. The van der Waals surface area contributed by atoms with Crippen molar-refractivity contribution in [1.29, 1.82) is 0 Å². The quantitative estimate of drug-likeness (QED) is 0.0977. The van der Waals surface area contributed by atoms with Crippen molar-refractivity contribution in [2.24, 2.45) is 0 Å². The first-order chi connectivity index (χ1) is 18.8. The Hall–Kier alpha value is -2.29. The molecule has 0 atom stereocenters. The Kier molecular flexibility index (Phi) is 15.0. The molecule has 0 saturated heterocycles. The lowest BCUT2D eigenvalue weighted by Crippen LogP contribution is -1.99. The first-order valence-electron chi connectivity index (χ1n) is 15.9. The van der Waals surface area contributed by atoms with Crippen molar-refractivity contribution < 1.29 is 9.47 Å². The first-order valence-corrected chi connectivity index (χ1v) is 15.9. The topological polar surface area (TPSA) is 31.4 Å². The fraction of sp³-hybridized carbons (Fsp3) is 0.629. The van der Waals surface area contributed by atoms with Crippen LogP contribution >= 0.6 is 0 Å². The second-order valence-corrected chi connectivity index (χ2v) is 11.0. The number of rotatable bonds is 22. The highest BCUT2D eigenvalue weighted by atomic mass is 16.5. The summed E-state index contributed by atoms with van der Waals surface area (Å²) >= 11 is 0. The molecule has 0 radical (unpaired) electrons. The van der Waals surface area contributed by atoms with Crippen LogP contribution in [0.5, 0.6) is 11.6 Å². The Balaban J connectivity index is 1.36. The lowest BCUT2D eigenvalue weighted by Gasteiger charge is -2.10. The van der Waals surface area contributed by atoms with Gasteiger partial charge in [0.25, 0.3) is 0 Å². The average molecular weight is 520 g/mol. The SMILES string of the molecule is CCCCCCCCCCCCOc1ccc2c(ccc3nc(OCCCCCCCCCC)ccc32)c1. The molecule has 210 valence electrons. The van der Waals surface area contributed by atoms with Gasteiger partial charge >= 0.3 is 0 Å². The van der Waals surface area contributed by atoms with E-state index >= 15 is 0 Å². The maximum Gasteiger partial charge on any atom is 0.213 e. The van der Waals surface area contributed by atoms with Gasteiger partial charge in [-0.25, -0.2) is 4.98 Å². The molecule has 0 fully saturated rings. The lowest BCUT2D eigenvalue weighted by molar-refractivity contribution is 0.294. The Bertz CT molecular complexity index is 1030. The zero-order valence-electron chi connectivity index (χ0n) is 24.4. The van der Waals surface area contributed by atoms with E-state index in [2.05, 4.69) is 50.2 Å². The highest BCUT2D eigenvalue weighted by Crippen LogP contribution is 2.29. The van der Waals surface area contributed by atoms with Crippen LogP contribution in [-0.4, -0.2) is 18.2 Å². The summed E-state index contributed by atoms with van der Waals surface area (Å²) in [5, 5.41) is 3.59. The normalized spacial score (nSPS) is 11.4. The van der Waals surface area contributed by atoms with E-state index in [4.69, 9.17) is 14.5 Å². The standard InChI is InChI=1S/C35H53NO2/c1-3-5-7-9-11-13-14-16-17-19-27-37-31-22-23-32-30(29-31)21-25-34-33(32)24-26-35(36-34)38-28-20-18-15-12-10-8-6-4-2/h21-26,29H,3-20,27-28H2,1-2H3. The number of benzene rings is 2. The minimum atomic E-state index is 0.733. The number of fused-ring (bicyclic) bond motifs is 3.